The number of H-pyrrole nitrogens is 1. The smallest absolute Gasteiger partial charge is 0.345 e. The molecule has 0 spiro atoms. The molecule has 2 heterocycles. The summed E-state index contributed by atoms with van der Waals surface area (Å²) in [5.41, 5.74) is 3.99. The molecule has 2 aliphatic carbocycles. The second-order valence-electron chi connectivity index (χ2n) is 8.88. The van der Waals surface area contributed by atoms with E-state index in [2.05, 4.69) is 40.1 Å². The quantitative estimate of drug-likeness (QED) is 0.426. The van der Waals surface area contributed by atoms with Crippen molar-refractivity contribution in [3.63, 3.8) is 0 Å². The fourth-order valence-electron chi connectivity index (χ4n) is 4.95. The van der Waals surface area contributed by atoms with Gasteiger partial charge in [0, 0.05) is 41.3 Å². The number of pyridine rings is 1. The molecule has 4 N–H and O–H groups in total. The molecule has 0 amide bonds. The predicted octanol–water partition coefficient (Wildman–Crippen LogP) is 4.16. The lowest BCUT2D eigenvalue weighted by atomic mass is 9.85. The van der Waals surface area contributed by atoms with E-state index in [0.29, 0.717) is 17.7 Å². The number of rotatable bonds is 5. The molecular weight excluding hydrogens is 465 g/mol. The molecule has 0 saturated heterocycles. The number of halogens is 2. The highest BCUT2D eigenvalue weighted by molar-refractivity contribution is 5.93. The molecule has 0 bridgehead atoms. The number of carbonyl (C=O) groups is 1. The molecule has 2 aromatic heterocycles. The van der Waals surface area contributed by atoms with Crippen molar-refractivity contribution in [3.8, 4) is 17.0 Å². The van der Waals surface area contributed by atoms with Gasteiger partial charge in [-0.2, -0.15) is 0 Å². The van der Waals surface area contributed by atoms with Gasteiger partial charge in [-0.05, 0) is 68.3 Å². The van der Waals surface area contributed by atoms with Crippen LogP contribution in [0.15, 0.2) is 23.0 Å². The first kappa shape index (κ1) is 25.1. The molecular formula is C24H29Cl2N3O4. The highest BCUT2D eigenvalue weighted by Gasteiger charge is 2.26. The number of carboxylic acid groups (broad SMARTS) is 1. The molecule has 33 heavy (non-hydrogen) atoms. The number of hydrogen-bond donors (Lipinski definition) is 4. The third-order valence-corrected chi connectivity index (χ3v) is 6.98. The topological polar surface area (TPSA) is 107 Å². The zero-order chi connectivity index (χ0) is 21.7. The lowest BCUT2D eigenvalue weighted by Gasteiger charge is -2.25. The summed E-state index contributed by atoms with van der Waals surface area (Å²) in [6, 6.07) is 6.38. The van der Waals surface area contributed by atoms with Crippen LogP contribution in [0.5, 0.6) is 5.75 Å². The molecule has 7 nitrogen and oxygen atoms in total. The Hall–Kier alpha value is -2.48. The summed E-state index contributed by atoms with van der Waals surface area (Å²) in [7, 11) is 2.08. The van der Waals surface area contributed by atoms with Gasteiger partial charge in [-0.25, -0.2) is 4.79 Å². The number of aromatic nitrogens is 2. The van der Waals surface area contributed by atoms with Gasteiger partial charge in [-0.1, -0.05) is 6.42 Å². The summed E-state index contributed by atoms with van der Waals surface area (Å²) in [5.74, 6) is -1.01. The first-order chi connectivity index (χ1) is 14.9. The Morgan fingerprint density at radius 2 is 1.94 bits per heavy atom. The van der Waals surface area contributed by atoms with E-state index in [1.54, 1.807) is 0 Å². The lowest BCUT2D eigenvalue weighted by molar-refractivity contribution is 0.0691. The number of nitrogens with zero attached hydrogens (tertiary/aromatic N) is 1. The van der Waals surface area contributed by atoms with E-state index >= 15 is 0 Å². The van der Waals surface area contributed by atoms with E-state index in [0.717, 1.165) is 53.9 Å². The van der Waals surface area contributed by atoms with Crippen molar-refractivity contribution in [1.82, 2.24) is 14.9 Å². The van der Waals surface area contributed by atoms with Crippen LogP contribution < -0.4 is 10.9 Å². The Kier molecular flexibility index (Phi) is 7.46. The van der Waals surface area contributed by atoms with Crippen LogP contribution in [-0.2, 0) is 26.4 Å². The number of fused-ring (bicyclic) bond motifs is 4. The minimum atomic E-state index is -1.41. The van der Waals surface area contributed by atoms with Crippen molar-refractivity contribution < 1.29 is 15.0 Å². The maximum atomic E-state index is 12.4. The fraction of sp³-hybridized carbons (Fsp3) is 0.417. The maximum Gasteiger partial charge on any atom is 0.345 e. The van der Waals surface area contributed by atoms with Gasteiger partial charge < -0.3 is 25.1 Å². The number of benzene rings is 1. The average Bonchev–Trinajstić information content (AvgIpc) is 2.87. The van der Waals surface area contributed by atoms with Gasteiger partial charge in [0.1, 0.15) is 5.75 Å². The van der Waals surface area contributed by atoms with Gasteiger partial charge in [0.05, 0.1) is 5.69 Å². The van der Waals surface area contributed by atoms with Crippen LogP contribution in [-0.4, -0.2) is 32.3 Å². The molecule has 5 rings (SSSR count). The second kappa shape index (κ2) is 9.79. The van der Waals surface area contributed by atoms with Crippen molar-refractivity contribution in [2.24, 2.45) is 13.0 Å². The van der Waals surface area contributed by atoms with Crippen LogP contribution in [0, 0.1) is 5.92 Å². The van der Waals surface area contributed by atoms with Gasteiger partial charge in [0.25, 0.3) is 5.56 Å². The van der Waals surface area contributed by atoms with Crippen molar-refractivity contribution >= 4 is 41.7 Å². The molecule has 1 saturated carbocycles. The summed E-state index contributed by atoms with van der Waals surface area (Å²) >= 11 is 0. The number of nitrogens with one attached hydrogen (secondary N) is 2. The van der Waals surface area contributed by atoms with Crippen molar-refractivity contribution in [1.29, 1.82) is 0 Å². The minimum absolute atomic E-state index is 0. The minimum Gasteiger partial charge on any atom is -0.506 e. The zero-order valence-electron chi connectivity index (χ0n) is 18.4. The first-order valence-electron chi connectivity index (χ1n) is 11.0. The number of carboxylic acids is 1. The highest BCUT2D eigenvalue weighted by Crippen LogP contribution is 2.38. The zero-order valence-corrected chi connectivity index (χ0v) is 20.1. The van der Waals surface area contributed by atoms with Crippen LogP contribution in [0.25, 0.3) is 22.2 Å². The molecule has 1 aromatic carbocycles. The van der Waals surface area contributed by atoms with Gasteiger partial charge in [0.2, 0.25) is 0 Å². The van der Waals surface area contributed by atoms with E-state index in [-0.39, 0.29) is 24.8 Å². The molecule has 178 valence electrons. The number of aromatic hydroxyl groups is 1. The molecule has 9 heteroatoms. The summed E-state index contributed by atoms with van der Waals surface area (Å²) in [6.45, 7) is 1.86. The lowest BCUT2D eigenvalue weighted by Crippen LogP contribution is -2.27. The van der Waals surface area contributed by atoms with Gasteiger partial charge in [-0.3, -0.25) is 4.79 Å². The largest absolute Gasteiger partial charge is 0.506 e. The first-order valence-corrected chi connectivity index (χ1v) is 11.0. The Morgan fingerprint density at radius 3 is 2.61 bits per heavy atom. The Morgan fingerprint density at radius 1 is 1.18 bits per heavy atom. The van der Waals surface area contributed by atoms with E-state index in [9.17, 15) is 19.8 Å². The number of hydrogen-bond acceptors (Lipinski definition) is 4. The van der Waals surface area contributed by atoms with Crippen molar-refractivity contribution in [2.75, 3.05) is 6.54 Å². The molecule has 0 radical (unpaired) electrons. The number of aromatic carboxylic acids is 1. The predicted molar refractivity (Wildman–Crippen MR) is 133 cm³/mol. The Labute approximate surface area is 204 Å². The summed E-state index contributed by atoms with van der Waals surface area (Å²) < 4.78 is 2.21. The SMILES string of the molecule is Cl.Cl.Cn1c(CNCC2CCC2)cc2cc3c(cc21)CCCc1c-3[nH]c(=O)c(C(=O)O)c1O. The van der Waals surface area contributed by atoms with E-state index in [1.165, 1.54) is 25.0 Å². The van der Waals surface area contributed by atoms with Crippen LogP contribution in [0.2, 0.25) is 0 Å². The Balaban J connectivity index is 0.00000153. The third-order valence-electron chi connectivity index (χ3n) is 6.98. The average molecular weight is 494 g/mol. The van der Waals surface area contributed by atoms with Gasteiger partial charge in [-0.15, -0.1) is 24.8 Å². The summed E-state index contributed by atoms with van der Waals surface area (Å²) in [6.07, 6.45) is 6.07. The highest BCUT2D eigenvalue weighted by atomic mass is 35.5. The number of aromatic amines is 1. The van der Waals surface area contributed by atoms with E-state index < -0.39 is 22.8 Å². The molecule has 0 atom stereocenters. The van der Waals surface area contributed by atoms with Crippen molar-refractivity contribution in [3.05, 3.63) is 50.9 Å². The fourth-order valence-corrected chi connectivity index (χ4v) is 4.95. The van der Waals surface area contributed by atoms with E-state index in [1.807, 2.05) is 0 Å². The molecule has 3 aromatic rings. The summed E-state index contributed by atoms with van der Waals surface area (Å²) in [4.78, 5) is 26.6. The number of aryl methyl sites for hydroxylation is 2. The molecule has 0 unspecified atom stereocenters. The molecule has 0 aliphatic heterocycles. The third kappa shape index (κ3) is 4.37. The monoisotopic (exact) mass is 493 g/mol. The van der Waals surface area contributed by atoms with Crippen LogP contribution >= 0.6 is 24.8 Å². The van der Waals surface area contributed by atoms with Gasteiger partial charge in [0.15, 0.2) is 5.56 Å². The molecule has 1 fully saturated rings. The van der Waals surface area contributed by atoms with E-state index in [4.69, 9.17) is 0 Å². The second-order valence-corrected chi connectivity index (χ2v) is 8.88. The summed E-state index contributed by atoms with van der Waals surface area (Å²) in [5, 5.41) is 24.5. The van der Waals surface area contributed by atoms with Crippen LogP contribution in [0.1, 0.15) is 52.9 Å². The van der Waals surface area contributed by atoms with Crippen LogP contribution in [0.4, 0.5) is 0 Å². The molecule has 2 aliphatic rings. The maximum absolute atomic E-state index is 12.4. The standard InChI is InChI=1S/C24H27N3O4.2ClH/c1-27-16(12-25-11-13-4-2-5-13)8-15-9-18-14(10-19(15)27)6-3-7-17-21(18)26-23(29)20(22(17)28)24(30)31;;/h8-10,13,25H,2-7,11-12H2,1H3,(H,30,31)(H2,26,28,29);2*1H. The van der Waals surface area contributed by atoms with Crippen molar-refractivity contribution in [2.45, 2.75) is 45.1 Å². The normalized spacial score (nSPS) is 14.9. The van der Waals surface area contributed by atoms with Crippen LogP contribution in [0.3, 0.4) is 0 Å². The Bertz CT molecular complexity index is 1260. The van der Waals surface area contributed by atoms with Gasteiger partial charge >= 0.3 is 5.97 Å².